The molecular formula is C19H16N4O3. The first-order chi connectivity index (χ1) is 12.7. The van der Waals surface area contributed by atoms with Crippen LogP contribution in [0.25, 0.3) is 0 Å². The van der Waals surface area contributed by atoms with E-state index in [0.29, 0.717) is 23.4 Å². The van der Waals surface area contributed by atoms with Gasteiger partial charge >= 0.3 is 5.97 Å². The summed E-state index contributed by atoms with van der Waals surface area (Å²) in [6.07, 6.45) is 3.11. The second-order valence-corrected chi connectivity index (χ2v) is 5.41. The molecule has 0 saturated heterocycles. The van der Waals surface area contributed by atoms with E-state index in [2.05, 4.69) is 10.1 Å². The molecule has 0 amide bonds. The van der Waals surface area contributed by atoms with Crippen LogP contribution in [0.4, 0.5) is 0 Å². The van der Waals surface area contributed by atoms with Crippen molar-refractivity contribution in [3.63, 3.8) is 0 Å². The van der Waals surface area contributed by atoms with Gasteiger partial charge in [-0.3, -0.25) is 0 Å². The second-order valence-electron chi connectivity index (χ2n) is 5.41. The molecule has 0 aliphatic rings. The number of hydrogen-bond donors (Lipinski definition) is 0. The van der Waals surface area contributed by atoms with Gasteiger partial charge in [-0.15, -0.1) is 0 Å². The van der Waals surface area contributed by atoms with E-state index in [-0.39, 0.29) is 13.2 Å². The van der Waals surface area contributed by atoms with Gasteiger partial charge in [0.1, 0.15) is 31.6 Å². The fourth-order valence-corrected chi connectivity index (χ4v) is 2.25. The summed E-state index contributed by atoms with van der Waals surface area (Å²) in [6.45, 7) is 0.968. The van der Waals surface area contributed by atoms with E-state index in [1.165, 1.54) is 6.33 Å². The zero-order valence-electron chi connectivity index (χ0n) is 13.9. The largest absolute Gasteiger partial charge is 0.490 e. The molecular weight excluding hydrogens is 332 g/mol. The molecule has 0 unspecified atom stereocenters. The third-order valence-electron chi connectivity index (χ3n) is 3.57. The number of carbonyl (C=O) groups is 1. The van der Waals surface area contributed by atoms with Gasteiger partial charge in [0.2, 0.25) is 0 Å². The van der Waals surface area contributed by atoms with Gasteiger partial charge in [0, 0.05) is 0 Å². The van der Waals surface area contributed by atoms with Crippen molar-refractivity contribution >= 4 is 5.97 Å². The Bertz CT molecular complexity index is 882. The van der Waals surface area contributed by atoms with Gasteiger partial charge in [-0.05, 0) is 42.0 Å². The van der Waals surface area contributed by atoms with E-state index < -0.39 is 5.97 Å². The highest BCUT2D eigenvalue weighted by atomic mass is 16.6. The number of nitriles is 1. The smallest absolute Gasteiger partial charge is 0.338 e. The molecule has 1 aromatic heterocycles. The number of nitrogens with zero attached hydrogens (tertiary/aromatic N) is 4. The summed E-state index contributed by atoms with van der Waals surface area (Å²) in [5, 5.41) is 12.8. The quantitative estimate of drug-likeness (QED) is 0.481. The molecule has 0 radical (unpaired) electrons. The van der Waals surface area contributed by atoms with Crippen molar-refractivity contribution in [2.24, 2.45) is 0 Å². The van der Waals surface area contributed by atoms with Crippen LogP contribution < -0.4 is 4.74 Å². The van der Waals surface area contributed by atoms with Crippen molar-refractivity contribution in [3.05, 3.63) is 77.9 Å². The number of ether oxygens (including phenoxy) is 2. The summed E-state index contributed by atoms with van der Waals surface area (Å²) in [4.78, 5) is 15.9. The summed E-state index contributed by atoms with van der Waals surface area (Å²) < 4.78 is 12.4. The van der Waals surface area contributed by atoms with E-state index in [1.807, 2.05) is 18.2 Å². The molecule has 0 bridgehead atoms. The van der Waals surface area contributed by atoms with Crippen LogP contribution in [0.3, 0.4) is 0 Å². The minimum absolute atomic E-state index is 0.138. The van der Waals surface area contributed by atoms with Crippen molar-refractivity contribution in [1.29, 1.82) is 5.26 Å². The van der Waals surface area contributed by atoms with Crippen LogP contribution >= 0.6 is 0 Å². The van der Waals surface area contributed by atoms with Gasteiger partial charge in [0.15, 0.2) is 0 Å². The van der Waals surface area contributed by atoms with Crippen LogP contribution in [-0.2, 0) is 11.3 Å². The molecule has 1 heterocycles. The molecule has 7 heteroatoms. The lowest BCUT2D eigenvalue weighted by atomic mass is 10.1. The number of hydrogen-bond acceptors (Lipinski definition) is 6. The minimum Gasteiger partial charge on any atom is -0.490 e. The van der Waals surface area contributed by atoms with Crippen LogP contribution in [0, 0.1) is 11.3 Å². The maximum atomic E-state index is 12.0. The van der Waals surface area contributed by atoms with Crippen molar-refractivity contribution < 1.29 is 14.3 Å². The first kappa shape index (κ1) is 17.2. The van der Waals surface area contributed by atoms with Crippen molar-refractivity contribution in [3.8, 4) is 11.8 Å². The molecule has 3 aromatic rings. The fraction of sp³-hybridized carbons (Fsp3) is 0.158. The van der Waals surface area contributed by atoms with E-state index in [1.54, 1.807) is 47.4 Å². The third kappa shape index (κ3) is 4.68. The van der Waals surface area contributed by atoms with Crippen molar-refractivity contribution in [2.75, 3.05) is 13.2 Å². The molecule has 0 fully saturated rings. The van der Waals surface area contributed by atoms with E-state index >= 15 is 0 Å². The lowest BCUT2D eigenvalue weighted by molar-refractivity contribution is 0.0450. The van der Waals surface area contributed by atoms with Crippen LogP contribution in [0.5, 0.6) is 5.75 Å². The predicted octanol–water partition coefficient (Wildman–Crippen LogP) is 2.43. The van der Waals surface area contributed by atoms with Crippen molar-refractivity contribution in [2.45, 2.75) is 6.54 Å². The van der Waals surface area contributed by atoms with Crippen LogP contribution in [-0.4, -0.2) is 33.9 Å². The molecule has 0 aliphatic carbocycles. The first-order valence-corrected chi connectivity index (χ1v) is 7.96. The maximum absolute atomic E-state index is 12.0. The lowest BCUT2D eigenvalue weighted by Gasteiger charge is -2.08. The zero-order chi connectivity index (χ0) is 18.2. The standard InChI is InChI=1S/C19H16N4O3/c20-11-15-3-7-18(8-4-15)25-9-10-26-19(24)17-5-1-16(2-6-17)12-23-14-21-13-22-23/h1-8,13-14H,9-10,12H2. The van der Waals surface area contributed by atoms with Gasteiger partial charge < -0.3 is 9.47 Å². The summed E-state index contributed by atoms with van der Waals surface area (Å²) >= 11 is 0. The van der Waals surface area contributed by atoms with Gasteiger partial charge in [-0.2, -0.15) is 10.4 Å². The Morgan fingerprint density at radius 1 is 1.08 bits per heavy atom. The summed E-state index contributed by atoms with van der Waals surface area (Å²) in [6, 6.07) is 15.9. The van der Waals surface area contributed by atoms with E-state index in [9.17, 15) is 4.79 Å². The molecule has 0 atom stereocenters. The monoisotopic (exact) mass is 348 g/mol. The number of rotatable bonds is 7. The van der Waals surface area contributed by atoms with Gasteiger partial charge in [0.25, 0.3) is 0 Å². The van der Waals surface area contributed by atoms with Gasteiger partial charge in [-0.1, -0.05) is 12.1 Å². The van der Waals surface area contributed by atoms with Crippen LogP contribution in [0.1, 0.15) is 21.5 Å². The number of aromatic nitrogens is 3. The fourth-order valence-electron chi connectivity index (χ4n) is 2.25. The number of benzene rings is 2. The molecule has 130 valence electrons. The highest BCUT2D eigenvalue weighted by Gasteiger charge is 2.07. The highest BCUT2D eigenvalue weighted by molar-refractivity contribution is 5.89. The molecule has 0 saturated carbocycles. The Balaban J connectivity index is 1.43. The van der Waals surface area contributed by atoms with E-state index in [0.717, 1.165) is 5.56 Å². The van der Waals surface area contributed by atoms with Gasteiger partial charge in [0.05, 0.1) is 23.7 Å². The Morgan fingerprint density at radius 2 is 1.85 bits per heavy atom. The van der Waals surface area contributed by atoms with Crippen molar-refractivity contribution in [1.82, 2.24) is 14.8 Å². The first-order valence-electron chi connectivity index (χ1n) is 7.96. The SMILES string of the molecule is N#Cc1ccc(OCCOC(=O)c2ccc(Cn3cncn3)cc2)cc1. The predicted molar refractivity (Wildman–Crippen MR) is 92.5 cm³/mol. The molecule has 26 heavy (non-hydrogen) atoms. The Morgan fingerprint density at radius 3 is 2.50 bits per heavy atom. The maximum Gasteiger partial charge on any atom is 0.338 e. The summed E-state index contributed by atoms with van der Waals surface area (Å²) in [7, 11) is 0. The third-order valence-corrected chi connectivity index (χ3v) is 3.57. The topological polar surface area (TPSA) is 90.0 Å². The molecule has 3 rings (SSSR count). The number of esters is 1. The molecule has 0 spiro atoms. The normalized spacial score (nSPS) is 10.1. The summed E-state index contributed by atoms with van der Waals surface area (Å²) in [5.74, 6) is 0.221. The zero-order valence-corrected chi connectivity index (χ0v) is 13.9. The second kappa shape index (κ2) is 8.44. The Hall–Kier alpha value is -3.66. The molecule has 0 N–H and O–H groups in total. The van der Waals surface area contributed by atoms with Crippen LogP contribution in [0.2, 0.25) is 0 Å². The minimum atomic E-state index is -0.402. The molecule has 2 aromatic carbocycles. The number of carbonyl (C=O) groups excluding carboxylic acids is 1. The van der Waals surface area contributed by atoms with E-state index in [4.69, 9.17) is 14.7 Å². The van der Waals surface area contributed by atoms with Gasteiger partial charge in [-0.25, -0.2) is 14.5 Å². The lowest BCUT2D eigenvalue weighted by Crippen LogP contribution is -2.12. The summed E-state index contributed by atoms with van der Waals surface area (Å²) in [5.41, 5.74) is 2.05. The molecule has 0 aliphatic heterocycles. The highest BCUT2D eigenvalue weighted by Crippen LogP contribution is 2.11. The van der Waals surface area contributed by atoms with Crippen LogP contribution in [0.15, 0.2) is 61.2 Å². The Labute approximate surface area is 150 Å². The average molecular weight is 348 g/mol. The average Bonchev–Trinajstić information content (AvgIpc) is 3.19. The Kier molecular flexibility index (Phi) is 5.58. The molecule has 7 nitrogen and oxygen atoms in total.